The number of nitrogens with one attached hydrogen (secondary N) is 2. The van der Waals surface area contributed by atoms with Gasteiger partial charge in [-0.15, -0.1) is 0 Å². The Balaban J connectivity index is 2.05. The van der Waals surface area contributed by atoms with Crippen molar-refractivity contribution in [2.45, 2.75) is 13.5 Å². The number of para-hydroxylation sites is 1. The predicted molar refractivity (Wildman–Crippen MR) is 96.9 cm³/mol. The van der Waals surface area contributed by atoms with Gasteiger partial charge in [-0.1, -0.05) is 18.2 Å². The van der Waals surface area contributed by atoms with Gasteiger partial charge in [0, 0.05) is 12.2 Å². The lowest BCUT2D eigenvalue weighted by Gasteiger charge is -2.15. The van der Waals surface area contributed by atoms with E-state index in [1.54, 1.807) is 0 Å². The minimum Gasteiger partial charge on any atom is -0.490 e. The largest absolute Gasteiger partial charge is 0.490 e. The Hall–Kier alpha value is -2.25. The van der Waals surface area contributed by atoms with Crippen molar-refractivity contribution in [2.24, 2.45) is 5.73 Å². The van der Waals surface area contributed by atoms with E-state index in [9.17, 15) is 4.79 Å². The second-order valence-corrected chi connectivity index (χ2v) is 5.79. The van der Waals surface area contributed by atoms with E-state index in [1.807, 2.05) is 49.4 Å². The normalized spacial score (nSPS) is 10.2. The van der Waals surface area contributed by atoms with Crippen LogP contribution in [0, 0.1) is 0 Å². The standard InChI is InChI=1S/C17H20BrN3O3/c1-2-23-15-9-12(8-14(18)17(15)24-11-16(19)22)10-20-21-13-6-4-3-5-7-13/h3-9,20-21H,2,10-11H2,1H3,(H2,19,22). The minimum atomic E-state index is -0.540. The maximum atomic E-state index is 10.9. The highest BCUT2D eigenvalue weighted by Crippen LogP contribution is 2.36. The van der Waals surface area contributed by atoms with Gasteiger partial charge in [-0.05, 0) is 52.7 Å². The van der Waals surface area contributed by atoms with E-state index in [-0.39, 0.29) is 6.61 Å². The number of ether oxygens (including phenoxy) is 2. The van der Waals surface area contributed by atoms with E-state index < -0.39 is 5.91 Å². The first-order chi connectivity index (χ1) is 11.6. The monoisotopic (exact) mass is 393 g/mol. The van der Waals surface area contributed by atoms with Crippen molar-refractivity contribution in [1.82, 2.24) is 5.43 Å². The summed E-state index contributed by atoms with van der Waals surface area (Å²) >= 11 is 3.45. The van der Waals surface area contributed by atoms with Gasteiger partial charge in [0.15, 0.2) is 18.1 Å². The second kappa shape index (κ2) is 9.14. The van der Waals surface area contributed by atoms with Crippen molar-refractivity contribution in [2.75, 3.05) is 18.6 Å². The van der Waals surface area contributed by atoms with Crippen LogP contribution in [0.5, 0.6) is 11.5 Å². The van der Waals surface area contributed by atoms with Crippen LogP contribution in [-0.2, 0) is 11.3 Å². The summed E-state index contributed by atoms with van der Waals surface area (Å²) in [4.78, 5) is 10.9. The lowest BCUT2D eigenvalue weighted by Crippen LogP contribution is -2.21. The van der Waals surface area contributed by atoms with Crippen molar-refractivity contribution in [3.8, 4) is 11.5 Å². The Morgan fingerprint density at radius 1 is 1.21 bits per heavy atom. The molecule has 0 aliphatic rings. The molecule has 0 aliphatic heterocycles. The van der Waals surface area contributed by atoms with Gasteiger partial charge in [0.05, 0.1) is 11.1 Å². The Kier molecular flexibility index (Phi) is 6.89. The quantitative estimate of drug-likeness (QED) is 0.570. The van der Waals surface area contributed by atoms with Gasteiger partial charge < -0.3 is 20.6 Å². The Morgan fingerprint density at radius 2 is 1.96 bits per heavy atom. The number of carbonyl (C=O) groups is 1. The average molecular weight is 394 g/mol. The number of halogens is 1. The molecule has 2 aromatic rings. The summed E-state index contributed by atoms with van der Waals surface area (Å²) in [6.45, 7) is 2.74. The molecular formula is C17H20BrN3O3. The van der Waals surface area contributed by atoms with Gasteiger partial charge in [-0.2, -0.15) is 0 Å². The molecule has 0 spiro atoms. The maximum Gasteiger partial charge on any atom is 0.255 e. The lowest BCUT2D eigenvalue weighted by atomic mass is 10.2. The van der Waals surface area contributed by atoms with E-state index >= 15 is 0 Å². The first-order valence-electron chi connectivity index (χ1n) is 7.50. The van der Waals surface area contributed by atoms with Gasteiger partial charge >= 0.3 is 0 Å². The van der Waals surface area contributed by atoms with Crippen molar-refractivity contribution >= 4 is 27.5 Å². The van der Waals surface area contributed by atoms with Gasteiger partial charge in [0.1, 0.15) is 0 Å². The molecule has 0 fully saturated rings. The fourth-order valence-corrected chi connectivity index (χ4v) is 2.64. The fraction of sp³-hybridized carbons (Fsp3) is 0.235. The molecular weight excluding hydrogens is 374 g/mol. The van der Waals surface area contributed by atoms with Gasteiger partial charge in [-0.25, -0.2) is 5.43 Å². The van der Waals surface area contributed by atoms with Crippen LogP contribution in [0.25, 0.3) is 0 Å². The second-order valence-electron chi connectivity index (χ2n) is 4.94. The minimum absolute atomic E-state index is 0.203. The molecule has 1 amide bonds. The third kappa shape index (κ3) is 5.43. The average Bonchev–Trinajstić information content (AvgIpc) is 2.55. The molecule has 24 heavy (non-hydrogen) atoms. The first kappa shape index (κ1) is 18.1. The number of carbonyl (C=O) groups excluding carboxylic acids is 1. The summed E-state index contributed by atoms with van der Waals surface area (Å²) in [6, 6.07) is 13.6. The van der Waals surface area contributed by atoms with Crippen molar-refractivity contribution in [1.29, 1.82) is 0 Å². The van der Waals surface area contributed by atoms with Gasteiger partial charge in [0.2, 0.25) is 0 Å². The number of rotatable bonds is 9. The molecule has 0 radical (unpaired) electrons. The SMILES string of the molecule is CCOc1cc(CNNc2ccccc2)cc(Br)c1OCC(N)=O. The summed E-state index contributed by atoms with van der Waals surface area (Å²) in [5.41, 5.74) is 13.4. The molecule has 0 heterocycles. The number of primary amides is 1. The molecule has 0 saturated heterocycles. The zero-order valence-electron chi connectivity index (χ0n) is 13.3. The van der Waals surface area contributed by atoms with Crippen molar-refractivity contribution in [3.63, 3.8) is 0 Å². The number of hydrogen-bond acceptors (Lipinski definition) is 5. The highest BCUT2D eigenvalue weighted by Gasteiger charge is 2.13. The predicted octanol–water partition coefficient (Wildman–Crippen LogP) is 2.83. The van der Waals surface area contributed by atoms with E-state index in [2.05, 4.69) is 26.8 Å². The summed E-state index contributed by atoms with van der Waals surface area (Å²) in [7, 11) is 0. The molecule has 0 bridgehead atoms. The Labute approximate surface area is 149 Å². The zero-order valence-corrected chi connectivity index (χ0v) is 14.9. The number of hydrogen-bond donors (Lipinski definition) is 3. The summed E-state index contributed by atoms with van der Waals surface area (Å²) in [6.07, 6.45) is 0. The molecule has 4 N–H and O–H groups in total. The number of nitrogens with two attached hydrogens (primary N) is 1. The molecule has 0 aromatic heterocycles. The van der Waals surface area contributed by atoms with Crippen LogP contribution in [0.4, 0.5) is 5.69 Å². The third-order valence-corrected chi connectivity index (χ3v) is 3.62. The number of amides is 1. The fourth-order valence-electron chi connectivity index (χ4n) is 2.04. The number of anilines is 1. The van der Waals surface area contributed by atoms with Crippen LogP contribution in [0.3, 0.4) is 0 Å². The Morgan fingerprint density at radius 3 is 2.62 bits per heavy atom. The van der Waals surface area contributed by atoms with Crippen molar-refractivity contribution in [3.05, 3.63) is 52.5 Å². The van der Waals surface area contributed by atoms with Crippen LogP contribution in [0.1, 0.15) is 12.5 Å². The molecule has 128 valence electrons. The van der Waals surface area contributed by atoms with E-state index in [0.717, 1.165) is 11.3 Å². The van der Waals surface area contributed by atoms with E-state index in [0.29, 0.717) is 29.1 Å². The lowest BCUT2D eigenvalue weighted by molar-refractivity contribution is -0.119. The molecule has 0 unspecified atom stereocenters. The Bertz CT molecular complexity index is 680. The molecule has 0 saturated carbocycles. The summed E-state index contributed by atoms with van der Waals surface area (Å²) in [5.74, 6) is 0.488. The highest BCUT2D eigenvalue weighted by atomic mass is 79.9. The zero-order chi connectivity index (χ0) is 17.4. The number of hydrazine groups is 1. The third-order valence-electron chi connectivity index (χ3n) is 3.03. The van der Waals surface area contributed by atoms with Crippen LogP contribution in [0.15, 0.2) is 46.9 Å². The number of benzene rings is 2. The van der Waals surface area contributed by atoms with Crippen molar-refractivity contribution < 1.29 is 14.3 Å². The highest BCUT2D eigenvalue weighted by molar-refractivity contribution is 9.10. The first-order valence-corrected chi connectivity index (χ1v) is 8.29. The van der Waals surface area contributed by atoms with Gasteiger partial charge in [0.25, 0.3) is 5.91 Å². The molecule has 0 atom stereocenters. The van der Waals surface area contributed by atoms with Crippen LogP contribution in [0.2, 0.25) is 0 Å². The molecule has 2 aromatic carbocycles. The van der Waals surface area contributed by atoms with E-state index in [1.165, 1.54) is 0 Å². The topological polar surface area (TPSA) is 85.6 Å². The molecule has 2 rings (SSSR count). The maximum absolute atomic E-state index is 10.9. The van der Waals surface area contributed by atoms with Gasteiger partial charge in [-0.3, -0.25) is 4.79 Å². The summed E-state index contributed by atoms with van der Waals surface area (Å²) < 4.78 is 11.7. The smallest absolute Gasteiger partial charge is 0.255 e. The van der Waals surface area contributed by atoms with Crippen LogP contribution < -0.4 is 26.1 Å². The molecule has 0 aliphatic carbocycles. The van der Waals surface area contributed by atoms with E-state index in [4.69, 9.17) is 15.2 Å². The summed E-state index contributed by atoms with van der Waals surface area (Å²) in [5, 5.41) is 0. The molecule has 7 heteroatoms. The van der Waals surface area contributed by atoms with Crippen LogP contribution >= 0.6 is 15.9 Å². The van der Waals surface area contributed by atoms with Crippen LogP contribution in [-0.4, -0.2) is 19.1 Å². The molecule has 6 nitrogen and oxygen atoms in total.